The van der Waals surface area contributed by atoms with E-state index in [-0.39, 0.29) is 0 Å². The molecule has 0 saturated heterocycles. The lowest BCUT2D eigenvalue weighted by Gasteiger charge is -2.05. The zero-order valence-electron chi connectivity index (χ0n) is 8.20. The smallest absolute Gasteiger partial charge is 0.148 e. The van der Waals surface area contributed by atoms with Gasteiger partial charge < -0.3 is 5.32 Å². The minimum absolute atomic E-state index is 0.499. The van der Waals surface area contributed by atoms with Crippen LogP contribution in [0.1, 0.15) is 5.56 Å². The zero-order valence-corrected chi connectivity index (χ0v) is 9.79. The maximum absolute atomic E-state index is 8.96. The van der Waals surface area contributed by atoms with E-state index >= 15 is 0 Å². The van der Waals surface area contributed by atoms with Gasteiger partial charge in [-0.05, 0) is 15.9 Å². The number of hydrogen-bond acceptors (Lipinski definition) is 3. The normalized spacial score (nSPS) is 9.33. The third-order valence-electron chi connectivity index (χ3n) is 1.74. The number of nitrogens with one attached hydrogen (secondary N) is 1. The Labute approximate surface area is 97.0 Å². The number of nitriles is 1. The predicted octanol–water partition coefficient (Wildman–Crippen LogP) is 2.30. The molecule has 0 aliphatic heterocycles. The summed E-state index contributed by atoms with van der Waals surface area (Å²) in [6.45, 7) is 8.38. The van der Waals surface area contributed by atoms with Crippen molar-refractivity contribution < 1.29 is 0 Å². The summed E-state index contributed by atoms with van der Waals surface area (Å²) in [6.07, 6.45) is 3.44. The fraction of sp³-hybridized carbons (Fsp3) is 0.200. The number of anilines is 1. The highest BCUT2D eigenvalue weighted by Gasteiger charge is 2.14. The topological polar surface area (TPSA) is 53.6 Å². The van der Waals surface area contributed by atoms with Gasteiger partial charge in [0.2, 0.25) is 0 Å². The Kier molecular flexibility index (Phi) is 4.13. The van der Waals surface area contributed by atoms with Crippen molar-refractivity contribution in [2.75, 3.05) is 11.9 Å². The van der Waals surface area contributed by atoms with Gasteiger partial charge in [-0.2, -0.15) is 10.4 Å². The average molecular weight is 267 g/mol. The van der Waals surface area contributed by atoms with Crippen LogP contribution in [-0.2, 0) is 6.54 Å². The lowest BCUT2D eigenvalue weighted by atomic mass is 10.3. The molecule has 1 heterocycles. The first kappa shape index (κ1) is 11.5. The molecular weight excluding hydrogens is 256 g/mol. The van der Waals surface area contributed by atoms with Crippen molar-refractivity contribution in [2.24, 2.45) is 0 Å². The molecule has 0 fully saturated rings. The molecule has 4 nitrogen and oxygen atoms in total. The molecule has 0 aliphatic carbocycles. The summed E-state index contributed by atoms with van der Waals surface area (Å²) in [5.41, 5.74) is 0.499. The van der Waals surface area contributed by atoms with Crippen molar-refractivity contribution in [3.63, 3.8) is 0 Å². The van der Waals surface area contributed by atoms with Gasteiger partial charge in [0.25, 0.3) is 0 Å². The number of aromatic nitrogens is 2. The molecule has 0 amide bonds. The Hall–Kier alpha value is -1.54. The second-order valence-electron chi connectivity index (χ2n) is 2.77. The number of rotatable bonds is 5. The summed E-state index contributed by atoms with van der Waals surface area (Å²) in [6, 6.07) is 2.09. The van der Waals surface area contributed by atoms with Crippen LogP contribution < -0.4 is 5.32 Å². The van der Waals surface area contributed by atoms with Crippen molar-refractivity contribution in [3.8, 4) is 6.07 Å². The van der Waals surface area contributed by atoms with E-state index in [1.807, 2.05) is 0 Å². The first-order valence-electron chi connectivity index (χ1n) is 4.36. The maximum Gasteiger partial charge on any atom is 0.148 e. The van der Waals surface area contributed by atoms with Gasteiger partial charge >= 0.3 is 0 Å². The summed E-state index contributed by atoms with van der Waals surface area (Å²) in [7, 11) is 0. The van der Waals surface area contributed by atoms with Crippen molar-refractivity contribution >= 4 is 21.7 Å². The second-order valence-corrected chi connectivity index (χ2v) is 3.52. The van der Waals surface area contributed by atoms with E-state index in [4.69, 9.17) is 5.26 Å². The van der Waals surface area contributed by atoms with Crippen LogP contribution in [0, 0.1) is 11.3 Å². The SMILES string of the molecule is C=CCNc1c(C#N)c(Br)nn1CC=C. The highest BCUT2D eigenvalue weighted by Crippen LogP contribution is 2.23. The molecule has 0 atom stereocenters. The van der Waals surface area contributed by atoms with E-state index in [1.165, 1.54) is 0 Å². The quantitative estimate of drug-likeness (QED) is 0.833. The summed E-state index contributed by atoms with van der Waals surface area (Å²) in [4.78, 5) is 0. The molecule has 0 saturated carbocycles. The van der Waals surface area contributed by atoms with Gasteiger partial charge in [0, 0.05) is 6.54 Å². The van der Waals surface area contributed by atoms with Gasteiger partial charge in [0.1, 0.15) is 22.1 Å². The highest BCUT2D eigenvalue weighted by molar-refractivity contribution is 9.10. The molecule has 1 aromatic rings. The highest BCUT2D eigenvalue weighted by atomic mass is 79.9. The Morgan fingerprint density at radius 3 is 2.80 bits per heavy atom. The fourth-order valence-corrected chi connectivity index (χ4v) is 1.60. The third kappa shape index (κ3) is 2.48. The van der Waals surface area contributed by atoms with Gasteiger partial charge in [-0.1, -0.05) is 12.2 Å². The summed E-state index contributed by atoms with van der Waals surface area (Å²) in [5.74, 6) is 0.684. The zero-order chi connectivity index (χ0) is 11.3. The molecular formula is C10H11BrN4. The minimum Gasteiger partial charge on any atom is -0.366 e. The van der Waals surface area contributed by atoms with Crippen molar-refractivity contribution in [1.29, 1.82) is 5.26 Å². The van der Waals surface area contributed by atoms with Crippen molar-refractivity contribution in [2.45, 2.75) is 6.54 Å². The van der Waals surface area contributed by atoms with Crippen molar-refractivity contribution in [3.05, 3.63) is 35.5 Å². The van der Waals surface area contributed by atoms with E-state index in [2.05, 4.69) is 45.6 Å². The van der Waals surface area contributed by atoms with Crippen LogP contribution in [0.15, 0.2) is 29.9 Å². The average Bonchev–Trinajstić information content (AvgIpc) is 2.52. The molecule has 0 spiro atoms. The largest absolute Gasteiger partial charge is 0.366 e. The van der Waals surface area contributed by atoms with E-state index in [9.17, 15) is 0 Å². The van der Waals surface area contributed by atoms with Crippen LogP contribution >= 0.6 is 15.9 Å². The van der Waals surface area contributed by atoms with Gasteiger partial charge in [-0.3, -0.25) is 0 Å². The monoisotopic (exact) mass is 266 g/mol. The lowest BCUT2D eigenvalue weighted by Crippen LogP contribution is -2.07. The number of halogens is 1. The molecule has 15 heavy (non-hydrogen) atoms. The summed E-state index contributed by atoms with van der Waals surface area (Å²) >= 11 is 3.24. The van der Waals surface area contributed by atoms with Crippen LogP contribution in [0.25, 0.3) is 0 Å². The van der Waals surface area contributed by atoms with E-state index < -0.39 is 0 Å². The van der Waals surface area contributed by atoms with Crippen LogP contribution in [0.5, 0.6) is 0 Å². The van der Waals surface area contributed by atoms with E-state index in [0.29, 0.717) is 29.1 Å². The predicted molar refractivity (Wildman–Crippen MR) is 63.5 cm³/mol. The molecule has 1 aromatic heterocycles. The molecule has 0 unspecified atom stereocenters. The number of hydrogen-bond donors (Lipinski definition) is 1. The van der Waals surface area contributed by atoms with Gasteiger partial charge in [0.05, 0.1) is 6.54 Å². The summed E-state index contributed by atoms with van der Waals surface area (Å²) < 4.78 is 2.22. The maximum atomic E-state index is 8.96. The van der Waals surface area contributed by atoms with Crippen molar-refractivity contribution in [1.82, 2.24) is 9.78 Å². The molecule has 1 N–H and O–H groups in total. The van der Waals surface area contributed by atoms with Gasteiger partial charge in [-0.25, -0.2) is 4.68 Å². The van der Waals surface area contributed by atoms with E-state index in [0.717, 1.165) is 0 Å². The Morgan fingerprint density at radius 2 is 2.27 bits per heavy atom. The molecule has 0 aliphatic rings. The fourth-order valence-electron chi connectivity index (χ4n) is 1.13. The Bertz CT molecular complexity index is 414. The lowest BCUT2D eigenvalue weighted by molar-refractivity contribution is 0.703. The molecule has 1 rings (SSSR count). The first-order chi connectivity index (χ1) is 7.24. The molecule has 0 radical (unpaired) electrons. The molecule has 0 aromatic carbocycles. The minimum atomic E-state index is 0.499. The van der Waals surface area contributed by atoms with Crippen LogP contribution in [-0.4, -0.2) is 16.3 Å². The third-order valence-corrected chi connectivity index (χ3v) is 2.29. The molecule has 78 valence electrons. The molecule has 5 heteroatoms. The Morgan fingerprint density at radius 1 is 1.53 bits per heavy atom. The van der Waals surface area contributed by atoms with Crippen LogP contribution in [0.4, 0.5) is 5.82 Å². The van der Waals surface area contributed by atoms with Gasteiger partial charge in [-0.15, -0.1) is 13.2 Å². The molecule has 0 bridgehead atoms. The van der Waals surface area contributed by atoms with Crippen LogP contribution in [0.2, 0.25) is 0 Å². The van der Waals surface area contributed by atoms with Gasteiger partial charge in [0.15, 0.2) is 0 Å². The standard InChI is InChI=1S/C10H11BrN4/c1-3-5-13-10-8(7-12)9(11)14-15(10)6-4-2/h3-4,13H,1-2,5-6H2. The second kappa shape index (κ2) is 5.37. The Balaban J connectivity index is 3.10. The van der Waals surface area contributed by atoms with E-state index in [1.54, 1.807) is 16.8 Å². The first-order valence-corrected chi connectivity index (χ1v) is 5.16. The van der Waals surface area contributed by atoms with Crippen LogP contribution in [0.3, 0.4) is 0 Å². The number of allylic oxidation sites excluding steroid dienone is 1. The summed E-state index contributed by atoms with van der Waals surface area (Å²) in [5, 5.41) is 16.2. The number of nitrogens with zero attached hydrogens (tertiary/aromatic N) is 3.